The Bertz CT molecular complexity index is 319. The molecule has 1 aromatic carbocycles. The highest BCUT2D eigenvalue weighted by Crippen LogP contribution is 2.08. The average Bonchev–Trinajstić information content (AvgIpc) is 2.28. The van der Waals surface area contributed by atoms with E-state index in [9.17, 15) is 4.79 Å². The molecule has 1 aromatic rings. The van der Waals surface area contributed by atoms with E-state index in [2.05, 4.69) is 6.92 Å². The number of hydroxylamine groups is 2. The smallest absolute Gasteiger partial charge is 0.274 e. The third kappa shape index (κ3) is 3.06. The summed E-state index contributed by atoms with van der Waals surface area (Å²) in [5.74, 6) is -0.124. The van der Waals surface area contributed by atoms with Gasteiger partial charge >= 0.3 is 0 Å². The van der Waals surface area contributed by atoms with E-state index in [4.69, 9.17) is 4.84 Å². The van der Waals surface area contributed by atoms with Gasteiger partial charge < -0.3 is 0 Å². The number of benzene rings is 1. The lowest BCUT2D eigenvalue weighted by atomic mass is 10.1. The topological polar surface area (TPSA) is 29.5 Å². The molecule has 1 rings (SSSR count). The fraction of sp³-hybridized carbons (Fsp3) is 0.417. The summed E-state index contributed by atoms with van der Waals surface area (Å²) in [7, 11) is 3.08. The monoisotopic (exact) mass is 207 g/mol. The molecule has 1 amide bonds. The molecule has 0 bridgehead atoms. The van der Waals surface area contributed by atoms with Crippen molar-refractivity contribution in [2.24, 2.45) is 0 Å². The zero-order valence-corrected chi connectivity index (χ0v) is 9.49. The van der Waals surface area contributed by atoms with Crippen LogP contribution < -0.4 is 0 Å². The van der Waals surface area contributed by atoms with Crippen molar-refractivity contribution in [1.29, 1.82) is 0 Å². The van der Waals surface area contributed by atoms with Gasteiger partial charge in [0.15, 0.2) is 0 Å². The van der Waals surface area contributed by atoms with Crippen molar-refractivity contribution < 1.29 is 9.63 Å². The van der Waals surface area contributed by atoms with Crippen LogP contribution in [0.4, 0.5) is 0 Å². The van der Waals surface area contributed by atoms with Crippen molar-refractivity contribution in [3.05, 3.63) is 35.4 Å². The Morgan fingerprint density at radius 3 is 2.40 bits per heavy atom. The van der Waals surface area contributed by atoms with Crippen LogP contribution >= 0.6 is 0 Å². The summed E-state index contributed by atoms with van der Waals surface area (Å²) in [6.07, 6.45) is 2.17. The first-order valence-electron chi connectivity index (χ1n) is 5.10. The van der Waals surface area contributed by atoms with Crippen molar-refractivity contribution in [2.75, 3.05) is 14.2 Å². The molecule has 15 heavy (non-hydrogen) atoms. The number of amides is 1. The van der Waals surface area contributed by atoms with Crippen molar-refractivity contribution >= 4 is 5.91 Å². The number of carbonyl (C=O) groups excluding carboxylic acids is 1. The van der Waals surface area contributed by atoms with E-state index in [1.807, 2.05) is 24.3 Å². The Kier molecular flexibility index (Phi) is 4.31. The SMILES string of the molecule is CCCc1ccc(C(=O)N(C)OC)cc1. The predicted molar refractivity (Wildman–Crippen MR) is 59.5 cm³/mol. The Morgan fingerprint density at radius 1 is 1.33 bits per heavy atom. The van der Waals surface area contributed by atoms with Crippen molar-refractivity contribution in [1.82, 2.24) is 5.06 Å². The highest BCUT2D eigenvalue weighted by Gasteiger charge is 2.10. The van der Waals surface area contributed by atoms with Gasteiger partial charge in [0.1, 0.15) is 0 Å². The maximum atomic E-state index is 11.6. The highest BCUT2D eigenvalue weighted by molar-refractivity contribution is 5.93. The van der Waals surface area contributed by atoms with Crippen LogP contribution in [-0.2, 0) is 11.3 Å². The van der Waals surface area contributed by atoms with E-state index >= 15 is 0 Å². The Labute approximate surface area is 90.6 Å². The maximum absolute atomic E-state index is 11.6. The molecule has 0 atom stereocenters. The lowest BCUT2D eigenvalue weighted by Gasteiger charge is -2.13. The number of rotatable bonds is 4. The minimum absolute atomic E-state index is 0.124. The van der Waals surface area contributed by atoms with Crippen LogP contribution in [0.25, 0.3) is 0 Å². The van der Waals surface area contributed by atoms with Gasteiger partial charge in [-0.3, -0.25) is 9.63 Å². The van der Waals surface area contributed by atoms with Gasteiger partial charge in [0.2, 0.25) is 0 Å². The highest BCUT2D eigenvalue weighted by atomic mass is 16.7. The third-order valence-corrected chi connectivity index (χ3v) is 2.30. The largest absolute Gasteiger partial charge is 0.277 e. The summed E-state index contributed by atoms with van der Waals surface area (Å²) in [5, 5.41) is 1.22. The van der Waals surface area contributed by atoms with Crippen molar-refractivity contribution in [3.8, 4) is 0 Å². The quantitative estimate of drug-likeness (QED) is 0.709. The third-order valence-electron chi connectivity index (χ3n) is 2.30. The molecular weight excluding hydrogens is 190 g/mol. The van der Waals surface area contributed by atoms with Gasteiger partial charge in [-0.1, -0.05) is 25.5 Å². The van der Waals surface area contributed by atoms with E-state index < -0.39 is 0 Å². The van der Waals surface area contributed by atoms with Crippen LogP contribution in [0.3, 0.4) is 0 Å². The van der Waals surface area contributed by atoms with E-state index in [0.29, 0.717) is 5.56 Å². The van der Waals surface area contributed by atoms with Gasteiger partial charge in [0, 0.05) is 12.6 Å². The summed E-state index contributed by atoms with van der Waals surface area (Å²) >= 11 is 0. The molecule has 0 aliphatic carbocycles. The second-order valence-electron chi connectivity index (χ2n) is 3.43. The van der Waals surface area contributed by atoms with Gasteiger partial charge in [-0.2, -0.15) is 0 Å². The van der Waals surface area contributed by atoms with Crippen molar-refractivity contribution in [3.63, 3.8) is 0 Å². The maximum Gasteiger partial charge on any atom is 0.277 e. The van der Waals surface area contributed by atoms with Gasteiger partial charge in [0.25, 0.3) is 5.91 Å². The molecule has 0 radical (unpaired) electrons. The first kappa shape index (κ1) is 11.7. The van der Waals surface area contributed by atoms with Gasteiger partial charge in [-0.05, 0) is 24.1 Å². The Balaban J connectivity index is 2.75. The molecule has 82 valence electrons. The van der Waals surface area contributed by atoms with Gasteiger partial charge in [0.05, 0.1) is 7.11 Å². The Morgan fingerprint density at radius 2 is 1.93 bits per heavy atom. The first-order valence-corrected chi connectivity index (χ1v) is 5.10. The van der Waals surface area contributed by atoms with Gasteiger partial charge in [-0.25, -0.2) is 5.06 Å². The number of aryl methyl sites for hydroxylation is 1. The summed E-state index contributed by atoms with van der Waals surface area (Å²) < 4.78 is 0. The molecule has 0 N–H and O–H groups in total. The number of hydrogen-bond donors (Lipinski definition) is 0. The second-order valence-corrected chi connectivity index (χ2v) is 3.43. The first-order chi connectivity index (χ1) is 7.19. The molecule has 3 heteroatoms. The molecule has 0 saturated carbocycles. The minimum Gasteiger partial charge on any atom is -0.274 e. The zero-order valence-electron chi connectivity index (χ0n) is 9.49. The van der Waals surface area contributed by atoms with Crippen LogP contribution in [0.1, 0.15) is 29.3 Å². The van der Waals surface area contributed by atoms with Crippen LogP contribution in [0.15, 0.2) is 24.3 Å². The molecule has 0 spiro atoms. The summed E-state index contributed by atoms with van der Waals surface area (Å²) in [6.45, 7) is 2.14. The number of hydrogen-bond acceptors (Lipinski definition) is 2. The van der Waals surface area contributed by atoms with E-state index in [1.54, 1.807) is 7.05 Å². The molecule has 0 unspecified atom stereocenters. The van der Waals surface area contributed by atoms with Gasteiger partial charge in [-0.15, -0.1) is 0 Å². The standard InChI is InChI=1S/C12H17NO2/c1-4-5-10-6-8-11(9-7-10)12(14)13(2)15-3/h6-9H,4-5H2,1-3H3. The molecule has 0 aliphatic rings. The van der Waals surface area contributed by atoms with E-state index in [-0.39, 0.29) is 5.91 Å². The predicted octanol–water partition coefficient (Wildman–Crippen LogP) is 2.27. The molecular formula is C12H17NO2. The minimum atomic E-state index is -0.124. The lowest BCUT2D eigenvalue weighted by molar-refractivity contribution is -0.0756. The van der Waals surface area contributed by atoms with Crippen LogP contribution in [0.5, 0.6) is 0 Å². The van der Waals surface area contributed by atoms with E-state index in [1.165, 1.54) is 17.7 Å². The molecule has 0 saturated heterocycles. The lowest BCUT2D eigenvalue weighted by Crippen LogP contribution is -2.25. The molecule has 0 heterocycles. The Hall–Kier alpha value is -1.35. The van der Waals surface area contributed by atoms with Crippen LogP contribution in [-0.4, -0.2) is 25.1 Å². The van der Waals surface area contributed by atoms with Crippen molar-refractivity contribution in [2.45, 2.75) is 19.8 Å². The number of carbonyl (C=O) groups is 1. The van der Waals surface area contributed by atoms with Crippen LogP contribution in [0.2, 0.25) is 0 Å². The zero-order chi connectivity index (χ0) is 11.3. The molecule has 0 fully saturated rings. The molecule has 0 aliphatic heterocycles. The molecule has 3 nitrogen and oxygen atoms in total. The number of nitrogens with zero attached hydrogens (tertiary/aromatic N) is 1. The summed E-state index contributed by atoms with van der Waals surface area (Å²) in [4.78, 5) is 16.5. The van der Waals surface area contributed by atoms with Crippen LogP contribution in [0, 0.1) is 0 Å². The summed E-state index contributed by atoms with van der Waals surface area (Å²) in [5.41, 5.74) is 1.91. The van der Waals surface area contributed by atoms with E-state index in [0.717, 1.165) is 12.8 Å². The molecule has 0 aromatic heterocycles. The fourth-order valence-corrected chi connectivity index (χ4v) is 1.37. The fourth-order valence-electron chi connectivity index (χ4n) is 1.37. The second kappa shape index (κ2) is 5.51. The normalized spacial score (nSPS) is 10.1. The average molecular weight is 207 g/mol. The summed E-state index contributed by atoms with van der Waals surface area (Å²) in [6, 6.07) is 7.64.